The molecular formula is C10H18N2O2. The molecule has 14 heavy (non-hydrogen) atoms. The minimum atomic E-state index is -0.153. The highest BCUT2D eigenvalue weighted by molar-refractivity contribution is 5.81. The topological polar surface area (TPSA) is 41.6 Å². The summed E-state index contributed by atoms with van der Waals surface area (Å²) in [6.07, 6.45) is 1.77. The average molecular weight is 198 g/mol. The highest BCUT2D eigenvalue weighted by atomic mass is 16.5. The monoisotopic (exact) mass is 198 g/mol. The van der Waals surface area contributed by atoms with Crippen LogP contribution in [0.4, 0.5) is 0 Å². The smallest absolute Gasteiger partial charge is 0.251 e. The van der Waals surface area contributed by atoms with Crippen molar-refractivity contribution in [1.82, 2.24) is 10.2 Å². The van der Waals surface area contributed by atoms with Crippen molar-refractivity contribution in [3.8, 4) is 0 Å². The predicted octanol–water partition coefficient (Wildman–Crippen LogP) is -0.0143. The summed E-state index contributed by atoms with van der Waals surface area (Å²) in [4.78, 5) is 13.8. The van der Waals surface area contributed by atoms with Crippen molar-refractivity contribution in [2.24, 2.45) is 0 Å². The number of ether oxygens (including phenoxy) is 1. The van der Waals surface area contributed by atoms with Crippen LogP contribution in [0, 0.1) is 0 Å². The summed E-state index contributed by atoms with van der Waals surface area (Å²) in [6.45, 7) is 5.40. The van der Waals surface area contributed by atoms with Gasteiger partial charge in [-0.1, -0.05) is 0 Å². The maximum absolute atomic E-state index is 11.9. The number of hydrogen-bond donors (Lipinski definition) is 1. The Labute approximate surface area is 84.6 Å². The summed E-state index contributed by atoms with van der Waals surface area (Å²) in [7, 11) is 0. The minimum Gasteiger partial charge on any atom is -0.368 e. The van der Waals surface area contributed by atoms with Gasteiger partial charge in [-0.15, -0.1) is 0 Å². The van der Waals surface area contributed by atoms with E-state index in [9.17, 15) is 4.79 Å². The van der Waals surface area contributed by atoms with E-state index in [1.807, 2.05) is 4.90 Å². The third kappa shape index (κ3) is 2.07. The first-order valence-corrected chi connectivity index (χ1v) is 5.41. The van der Waals surface area contributed by atoms with Crippen molar-refractivity contribution in [3.05, 3.63) is 0 Å². The highest BCUT2D eigenvalue weighted by Crippen LogP contribution is 2.15. The van der Waals surface area contributed by atoms with Gasteiger partial charge in [-0.25, -0.2) is 0 Å². The summed E-state index contributed by atoms with van der Waals surface area (Å²) in [5.41, 5.74) is 0. The van der Waals surface area contributed by atoms with Crippen molar-refractivity contribution in [2.45, 2.75) is 31.9 Å². The van der Waals surface area contributed by atoms with Gasteiger partial charge in [-0.3, -0.25) is 4.79 Å². The predicted molar refractivity (Wildman–Crippen MR) is 53.0 cm³/mol. The molecule has 0 aromatic carbocycles. The Hall–Kier alpha value is -0.610. The fourth-order valence-electron chi connectivity index (χ4n) is 2.11. The van der Waals surface area contributed by atoms with E-state index in [2.05, 4.69) is 12.2 Å². The number of amides is 1. The molecular weight excluding hydrogens is 180 g/mol. The van der Waals surface area contributed by atoms with Crippen molar-refractivity contribution in [1.29, 1.82) is 0 Å². The molecule has 2 aliphatic heterocycles. The summed E-state index contributed by atoms with van der Waals surface area (Å²) in [5.74, 6) is 0.191. The number of rotatable bonds is 1. The van der Waals surface area contributed by atoms with Crippen molar-refractivity contribution in [3.63, 3.8) is 0 Å². The fraction of sp³-hybridized carbons (Fsp3) is 0.900. The number of nitrogens with zero attached hydrogens (tertiary/aromatic N) is 1. The fourth-order valence-corrected chi connectivity index (χ4v) is 2.11. The largest absolute Gasteiger partial charge is 0.368 e. The first-order valence-electron chi connectivity index (χ1n) is 5.41. The summed E-state index contributed by atoms with van der Waals surface area (Å²) < 4.78 is 5.39. The van der Waals surface area contributed by atoms with Crippen LogP contribution in [-0.4, -0.2) is 49.2 Å². The van der Waals surface area contributed by atoms with Gasteiger partial charge in [0.1, 0.15) is 6.10 Å². The van der Waals surface area contributed by atoms with E-state index in [1.54, 1.807) is 0 Å². The summed E-state index contributed by atoms with van der Waals surface area (Å²) >= 11 is 0. The van der Waals surface area contributed by atoms with Crippen LogP contribution in [0.15, 0.2) is 0 Å². The molecule has 4 nitrogen and oxygen atoms in total. The standard InChI is InChI=1S/C10H18N2O2/c1-8-7-12(5-4-11-8)10(13)9-3-2-6-14-9/h8-9,11H,2-7H2,1H3. The maximum Gasteiger partial charge on any atom is 0.251 e. The lowest BCUT2D eigenvalue weighted by Gasteiger charge is -2.33. The molecule has 1 amide bonds. The normalized spacial score (nSPS) is 33.4. The van der Waals surface area contributed by atoms with Crippen LogP contribution in [0.5, 0.6) is 0 Å². The lowest BCUT2D eigenvalue weighted by molar-refractivity contribution is -0.142. The Bertz CT molecular complexity index is 214. The summed E-state index contributed by atoms with van der Waals surface area (Å²) in [5, 5.41) is 3.32. The zero-order valence-corrected chi connectivity index (χ0v) is 8.66. The van der Waals surface area contributed by atoms with Crippen LogP contribution in [0.3, 0.4) is 0 Å². The Morgan fingerprint density at radius 2 is 2.43 bits per heavy atom. The van der Waals surface area contributed by atoms with Crippen molar-refractivity contribution >= 4 is 5.91 Å². The molecule has 1 N–H and O–H groups in total. The molecule has 0 radical (unpaired) electrons. The van der Waals surface area contributed by atoms with Gasteiger partial charge < -0.3 is 15.0 Å². The number of piperazine rings is 1. The zero-order chi connectivity index (χ0) is 9.97. The number of carbonyl (C=O) groups is 1. The minimum absolute atomic E-state index is 0.153. The first-order chi connectivity index (χ1) is 6.77. The third-order valence-corrected chi connectivity index (χ3v) is 2.89. The Morgan fingerprint density at radius 3 is 3.07 bits per heavy atom. The van der Waals surface area contributed by atoms with E-state index in [-0.39, 0.29) is 12.0 Å². The maximum atomic E-state index is 11.9. The van der Waals surface area contributed by atoms with Crippen LogP contribution in [-0.2, 0) is 9.53 Å². The van der Waals surface area contributed by atoms with Gasteiger partial charge in [-0.2, -0.15) is 0 Å². The van der Waals surface area contributed by atoms with Gasteiger partial charge in [0.15, 0.2) is 0 Å². The molecule has 2 aliphatic rings. The van der Waals surface area contributed by atoms with Gasteiger partial charge >= 0.3 is 0 Å². The van der Waals surface area contributed by atoms with Crippen molar-refractivity contribution in [2.75, 3.05) is 26.2 Å². The molecule has 0 aromatic heterocycles. The van der Waals surface area contributed by atoms with E-state index in [0.717, 1.165) is 39.1 Å². The van der Waals surface area contributed by atoms with Gasteiger partial charge in [0.25, 0.3) is 5.91 Å². The Morgan fingerprint density at radius 1 is 1.57 bits per heavy atom. The van der Waals surface area contributed by atoms with E-state index in [1.165, 1.54) is 0 Å². The van der Waals surface area contributed by atoms with E-state index in [4.69, 9.17) is 4.74 Å². The molecule has 0 aliphatic carbocycles. The SMILES string of the molecule is CC1CN(C(=O)C2CCCO2)CCN1. The van der Waals surface area contributed by atoms with Crippen LogP contribution in [0.25, 0.3) is 0 Å². The van der Waals surface area contributed by atoms with E-state index in [0.29, 0.717) is 6.04 Å². The molecule has 0 saturated carbocycles. The lowest BCUT2D eigenvalue weighted by Crippen LogP contribution is -2.53. The van der Waals surface area contributed by atoms with Crippen LogP contribution in [0.1, 0.15) is 19.8 Å². The molecule has 4 heteroatoms. The van der Waals surface area contributed by atoms with Crippen molar-refractivity contribution < 1.29 is 9.53 Å². The van der Waals surface area contributed by atoms with Gasteiger partial charge in [0.05, 0.1) is 0 Å². The molecule has 0 spiro atoms. The quantitative estimate of drug-likeness (QED) is 0.644. The second kappa shape index (κ2) is 4.28. The molecule has 2 atom stereocenters. The molecule has 2 unspecified atom stereocenters. The zero-order valence-electron chi connectivity index (χ0n) is 8.66. The van der Waals surface area contributed by atoms with E-state index < -0.39 is 0 Å². The summed E-state index contributed by atoms with van der Waals surface area (Å²) in [6, 6.07) is 0.411. The molecule has 2 fully saturated rings. The number of nitrogens with one attached hydrogen (secondary N) is 1. The molecule has 80 valence electrons. The molecule has 0 aromatic rings. The Balaban J connectivity index is 1.89. The van der Waals surface area contributed by atoms with Gasteiger partial charge in [0.2, 0.25) is 0 Å². The molecule has 2 saturated heterocycles. The van der Waals surface area contributed by atoms with Gasteiger partial charge in [-0.05, 0) is 19.8 Å². The highest BCUT2D eigenvalue weighted by Gasteiger charge is 2.30. The van der Waals surface area contributed by atoms with E-state index >= 15 is 0 Å². The van der Waals surface area contributed by atoms with Crippen LogP contribution >= 0.6 is 0 Å². The van der Waals surface area contributed by atoms with Crippen LogP contribution in [0.2, 0.25) is 0 Å². The average Bonchev–Trinajstić information content (AvgIpc) is 2.69. The first kappa shape index (κ1) is 9.93. The third-order valence-electron chi connectivity index (χ3n) is 2.89. The molecule has 0 bridgehead atoms. The Kier molecular flexibility index (Phi) is 3.03. The van der Waals surface area contributed by atoms with Gasteiger partial charge in [0, 0.05) is 32.3 Å². The second-order valence-electron chi connectivity index (χ2n) is 4.14. The van der Waals surface area contributed by atoms with Crippen LogP contribution < -0.4 is 5.32 Å². The lowest BCUT2D eigenvalue weighted by atomic mass is 10.1. The number of carbonyl (C=O) groups excluding carboxylic acids is 1. The second-order valence-corrected chi connectivity index (χ2v) is 4.14. The molecule has 2 rings (SSSR count). The molecule has 2 heterocycles. The number of hydrogen-bond acceptors (Lipinski definition) is 3.